The fourth-order valence-corrected chi connectivity index (χ4v) is 3.00. The predicted molar refractivity (Wildman–Crippen MR) is 122 cm³/mol. The van der Waals surface area contributed by atoms with Crippen LogP contribution in [0.1, 0.15) is 35.7 Å². The first-order chi connectivity index (χ1) is 16.2. The topological polar surface area (TPSA) is 98.2 Å². The summed E-state index contributed by atoms with van der Waals surface area (Å²) in [4.78, 5) is 12.4. The average Bonchev–Trinajstić information content (AvgIpc) is 3.35. The van der Waals surface area contributed by atoms with Gasteiger partial charge in [0.15, 0.2) is 0 Å². The number of nitrogens with zero attached hydrogens (tertiary/aromatic N) is 3. The highest BCUT2D eigenvalue weighted by Gasteiger charge is 2.13. The number of aromatic nitrogens is 2. The van der Waals surface area contributed by atoms with Crippen LogP contribution in [0.2, 0.25) is 0 Å². The molecule has 0 unspecified atom stereocenters. The zero-order valence-corrected chi connectivity index (χ0v) is 18.0. The van der Waals surface area contributed by atoms with Gasteiger partial charge in [-0.25, -0.2) is 4.79 Å². The van der Waals surface area contributed by atoms with Crippen molar-refractivity contribution >= 4 is 5.97 Å². The molecule has 0 amide bonds. The van der Waals surface area contributed by atoms with Crippen molar-refractivity contribution in [2.24, 2.45) is 0 Å². The van der Waals surface area contributed by atoms with Crippen molar-refractivity contribution < 1.29 is 18.7 Å². The van der Waals surface area contributed by atoms with E-state index < -0.39 is 5.97 Å². The standard InChI is InChI=1S/C26H21N3O4/c1-2-3-16-31-22-14-10-20(11-15-22)25-29-28-24(33-25)19-6-8-21(9-7-19)26(30)32-23-12-4-18(17-27)5-13-23/h4-15H,2-3,16H2,1H3. The van der Waals surface area contributed by atoms with Crippen molar-refractivity contribution in [2.45, 2.75) is 19.8 Å². The van der Waals surface area contributed by atoms with Gasteiger partial charge in [-0.15, -0.1) is 10.2 Å². The van der Waals surface area contributed by atoms with Crippen LogP contribution in [0.3, 0.4) is 0 Å². The molecule has 0 saturated carbocycles. The Morgan fingerprint density at radius 1 is 0.879 bits per heavy atom. The van der Waals surface area contributed by atoms with Gasteiger partial charge in [-0.1, -0.05) is 13.3 Å². The first-order valence-corrected chi connectivity index (χ1v) is 10.6. The maximum Gasteiger partial charge on any atom is 0.343 e. The molecule has 0 aliphatic carbocycles. The monoisotopic (exact) mass is 439 g/mol. The molecule has 0 radical (unpaired) electrons. The summed E-state index contributed by atoms with van der Waals surface area (Å²) in [6, 6.07) is 22.6. The lowest BCUT2D eigenvalue weighted by Crippen LogP contribution is -2.08. The Balaban J connectivity index is 1.41. The Hall–Kier alpha value is -4.44. The van der Waals surface area contributed by atoms with E-state index in [4.69, 9.17) is 19.2 Å². The largest absolute Gasteiger partial charge is 0.494 e. The molecule has 0 aliphatic heterocycles. The van der Waals surface area contributed by atoms with Gasteiger partial charge in [0, 0.05) is 11.1 Å². The number of nitriles is 1. The minimum atomic E-state index is -0.501. The molecular formula is C26H21N3O4. The molecule has 7 nitrogen and oxygen atoms in total. The van der Waals surface area contributed by atoms with Crippen LogP contribution < -0.4 is 9.47 Å². The van der Waals surface area contributed by atoms with Gasteiger partial charge in [-0.2, -0.15) is 5.26 Å². The Morgan fingerprint density at radius 3 is 2.03 bits per heavy atom. The van der Waals surface area contributed by atoms with Crippen LogP contribution in [0.25, 0.3) is 22.9 Å². The second-order valence-electron chi connectivity index (χ2n) is 7.24. The maximum absolute atomic E-state index is 12.4. The molecule has 0 bridgehead atoms. The van der Waals surface area contributed by atoms with Crippen molar-refractivity contribution in [3.8, 4) is 40.5 Å². The lowest BCUT2D eigenvalue weighted by atomic mass is 10.1. The van der Waals surface area contributed by atoms with Crippen molar-refractivity contribution in [2.75, 3.05) is 6.61 Å². The van der Waals surface area contributed by atoms with Crippen LogP contribution >= 0.6 is 0 Å². The molecule has 0 atom stereocenters. The molecule has 164 valence electrons. The lowest BCUT2D eigenvalue weighted by Gasteiger charge is -2.05. The number of carbonyl (C=O) groups is 1. The third-order valence-corrected chi connectivity index (χ3v) is 4.85. The van der Waals surface area contributed by atoms with E-state index in [9.17, 15) is 4.79 Å². The lowest BCUT2D eigenvalue weighted by molar-refractivity contribution is 0.0734. The van der Waals surface area contributed by atoms with E-state index in [1.807, 2.05) is 30.3 Å². The minimum Gasteiger partial charge on any atom is -0.494 e. The number of benzene rings is 3. The Morgan fingerprint density at radius 2 is 1.45 bits per heavy atom. The molecule has 4 aromatic rings. The second kappa shape index (κ2) is 10.2. The van der Waals surface area contributed by atoms with Gasteiger partial charge in [-0.05, 0) is 79.2 Å². The van der Waals surface area contributed by atoms with Gasteiger partial charge in [0.25, 0.3) is 0 Å². The fourth-order valence-electron chi connectivity index (χ4n) is 3.00. The van der Waals surface area contributed by atoms with Crippen LogP contribution in [-0.4, -0.2) is 22.8 Å². The highest BCUT2D eigenvalue weighted by molar-refractivity contribution is 5.91. The molecule has 0 aliphatic rings. The van der Waals surface area contributed by atoms with Crippen molar-refractivity contribution in [3.63, 3.8) is 0 Å². The molecule has 33 heavy (non-hydrogen) atoms. The summed E-state index contributed by atoms with van der Waals surface area (Å²) in [5.74, 6) is 1.41. The minimum absolute atomic E-state index is 0.347. The Kier molecular flexibility index (Phi) is 6.76. The molecule has 0 N–H and O–H groups in total. The third-order valence-electron chi connectivity index (χ3n) is 4.85. The van der Waals surface area contributed by atoms with E-state index in [1.165, 1.54) is 0 Å². The van der Waals surface area contributed by atoms with E-state index in [2.05, 4.69) is 17.1 Å². The second-order valence-corrected chi connectivity index (χ2v) is 7.24. The molecule has 7 heteroatoms. The van der Waals surface area contributed by atoms with Crippen LogP contribution in [0.5, 0.6) is 11.5 Å². The van der Waals surface area contributed by atoms with Crippen LogP contribution in [0.4, 0.5) is 0 Å². The third kappa shape index (κ3) is 5.43. The quantitative estimate of drug-likeness (QED) is 0.198. The molecule has 1 aromatic heterocycles. The van der Waals surface area contributed by atoms with Gasteiger partial charge < -0.3 is 13.9 Å². The van der Waals surface area contributed by atoms with Gasteiger partial charge in [0.1, 0.15) is 11.5 Å². The summed E-state index contributed by atoms with van der Waals surface area (Å²) in [7, 11) is 0. The number of unbranched alkanes of at least 4 members (excludes halogenated alkanes) is 1. The highest BCUT2D eigenvalue weighted by Crippen LogP contribution is 2.26. The summed E-state index contributed by atoms with van der Waals surface area (Å²) in [6.45, 7) is 2.81. The molecule has 0 saturated heterocycles. The highest BCUT2D eigenvalue weighted by atomic mass is 16.5. The number of carbonyl (C=O) groups excluding carboxylic acids is 1. The first kappa shape index (κ1) is 21.8. The summed E-state index contributed by atoms with van der Waals surface area (Å²) in [6.07, 6.45) is 2.10. The molecule has 4 rings (SSSR count). The first-order valence-electron chi connectivity index (χ1n) is 10.6. The Labute approximate surface area is 191 Å². The SMILES string of the molecule is CCCCOc1ccc(-c2nnc(-c3ccc(C(=O)Oc4ccc(C#N)cc4)cc3)o2)cc1. The molecular weight excluding hydrogens is 418 g/mol. The summed E-state index contributed by atoms with van der Waals surface area (Å²) in [5.41, 5.74) is 2.35. The number of rotatable bonds is 8. The molecule has 1 heterocycles. The van der Waals surface area contributed by atoms with E-state index in [1.54, 1.807) is 48.5 Å². The number of ether oxygens (including phenoxy) is 2. The van der Waals surface area contributed by atoms with E-state index in [-0.39, 0.29) is 0 Å². The van der Waals surface area contributed by atoms with Gasteiger partial charge in [0.05, 0.1) is 23.8 Å². The van der Waals surface area contributed by atoms with Crippen molar-refractivity contribution in [1.82, 2.24) is 10.2 Å². The van der Waals surface area contributed by atoms with Crippen molar-refractivity contribution in [3.05, 3.63) is 83.9 Å². The number of hydrogen-bond donors (Lipinski definition) is 0. The van der Waals surface area contributed by atoms with Crippen LogP contribution in [0, 0.1) is 11.3 Å². The fraction of sp³-hybridized carbons (Fsp3) is 0.154. The van der Waals surface area contributed by atoms with Crippen molar-refractivity contribution in [1.29, 1.82) is 5.26 Å². The molecule has 0 spiro atoms. The zero-order chi connectivity index (χ0) is 23.0. The van der Waals surface area contributed by atoms with E-state index >= 15 is 0 Å². The number of hydrogen-bond acceptors (Lipinski definition) is 7. The number of esters is 1. The van der Waals surface area contributed by atoms with Crippen LogP contribution in [0.15, 0.2) is 77.2 Å². The van der Waals surface area contributed by atoms with E-state index in [0.29, 0.717) is 40.8 Å². The maximum atomic E-state index is 12.4. The van der Waals surface area contributed by atoms with Gasteiger partial charge >= 0.3 is 5.97 Å². The van der Waals surface area contributed by atoms with Gasteiger partial charge in [-0.3, -0.25) is 0 Å². The zero-order valence-electron chi connectivity index (χ0n) is 18.0. The predicted octanol–water partition coefficient (Wildman–Crippen LogP) is 5.67. The average molecular weight is 439 g/mol. The van der Waals surface area contributed by atoms with E-state index in [0.717, 1.165) is 24.2 Å². The Bertz CT molecular complexity index is 1250. The summed E-state index contributed by atoms with van der Waals surface area (Å²) >= 11 is 0. The molecule has 3 aromatic carbocycles. The summed E-state index contributed by atoms with van der Waals surface area (Å²) in [5, 5.41) is 17.1. The normalized spacial score (nSPS) is 10.4. The van der Waals surface area contributed by atoms with Gasteiger partial charge in [0.2, 0.25) is 11.8 Å². The molecule has 0 fully saturated rings. The smallest absolute Gasteiger partial charge is 0.343 e. The van der Waals surface area contributed by atoms with Crippen LogP contribution in [-0.2, 0) is 0 Å². The summed E-state index contributed by atoms with van der Waals surface area (Å²) < 4.78 is 16.8.